The predicted octanol–water partition coefficient (Wildman–Crippen LogP) is 2.65. The van der Waals surface area contributed by atoms with E-state index in [9.17, 15) is 13.5 Å². The molecule has 0 radical (unpaired) electrons. The minimum absolute atomic E-state index is 0.0108. The van der Waals surface area contributed by atoms with E-state index < -0.39 is 15.6 Å². The van der Waals surface area contributed by atoms with Crippen LogP contribution >= 0.6 is 11.6 Å². The average Bonchev–Trinajstić information content (AvgIpc) is 3.22. The monoisotopic (exact) mass is 355 g/mol. The second kappa shape index (κ2) is 6.28. The third-order valence-electron chi connectivity index (χ3n) is 4.07. The molecule has 0 bridgehead atoms. The first-order valence-corrected chi connectivity index (χ1v) is 9.41. The summed E-state index contributed by atoms with van der Waals surface area (Å²) in [6.45, 7) is -0.113. The van der Waals surface area contributed by atoms with Gasteiger partial charge >= 0.3 is 0 Å². The van der Waals surface area contributed by atoms with Crippen LogP contribution in [0, 0.1) is 5.92 Å². The van der Waals surface area contributed by atoms with E-state index >= 15 is 0 Å². The number of benzene rings is 1. The summed E-state index contributed by atoms with van der Waals surface area (Å²) in [6.07, 6.45) is 3.17. The molecule has 23 heavy (non-hydrogen) atoms. The largest absolute Gasteiger partial charge is 0.466 e. The van der Waals surface area contributed by atoms with Crippen molar-refractivity contribution in [1.82, 2.24) is 4.72 Å². The molecule has 1 aliphatic carbocycles. The molecule has 2 N–H and O–H groups in total. The van der Waals surface area contributed by atoms with Crippen LogP contribution in [0.25, 0.3) is 0 Å². The first kappa shape index (κ1) is 16.5. The van der Waals surface area contributed by atoms with Crippen LogP contribution in [0.15, 0.2) is 47.1 Å². The third-order valence-corrected chi connectivity index (χ3v) is 5.71. The predicted molar refractivity (Wildman–Crippen MR) is 87.4 cm³/mol. The first-order chi connectivity index (χ1) is 10.9. The fourth-order valence-electron chi connectivity index (χ4n) is 2.61. The van der Waals surface area contributed by atoms with Crippen LogP contribution in [0.3, 0.4) is 0 Å². The number of halogens is 1. The molecular formula is C16H18ClNO4S. The zero-order chi connectivity index (χ0) is 16.5. The summed E-state index contributed by atoms with van der Waals surface area (Å²) in [6, 6.07) is 10.1. The zero-order valence-electron chi connectivity index (χ0n) is 12.4. The highest BCUT2D eigenvalue weighted by Gasteiger charge is 2.47. The van der Waals surface area contributed by atoms with Crippen molar-refractivity contribution in [2.24, 2.45) is 5.92 Å². The van der Waals surface area contributed by atoms with E-state index in [1.165, 1.54) is 6.26 Å². The summed E-state index contributed by atoms with van der Waals surface area (Å²) in [4.78, 5) is 0. The van der Waals surface area contributed by atoms with Crippen LogP contribution in [0.4, 0.5) is 0 Å². The highest BCUT2D eigenvalue weighted by Crippen LogP contribution is 2.45. The van der Waals surface area contributed by atoms with Crippen molar-refractivity contribution in [3.8, 4) is 0 Å². The Kier molecular flexibility index (Phi) is 4.51. The van der Waals surface area contributed by atoms with Gasteiger partial charge in [-0.15, -0.1) is 0 Å². The maximum Gasteiger partial charge on any atom is 0.215 e. The molecule has 5 nitrogen and oxygen atoms in total. The molecular weight excluding hydrogens is 338 g/mol. The quantitative estimate of drug-likeness (QED) is 0.800. The number of nitrogens with one attached hydrogen (secondary N) is 1. The van der Waals surface area contributed by atoms with Crippen LogP contribution < -0.4 is 4.72 Å². The number of hydrogen-bond donors (Lipinski definition) is 2. The zero-order valence-corrected chi connectivity index (χ0v) is 14.0. The van der Waals surface area contributed by atoms with E-state index in [2.05, 4.69) is 4.72 Å². The number of hydrogen-bond acceptors (Lipinski definition) is 4. The average molecular weight is 356 g/mol. The van der Waals surface area contributed by atoms with E-state index in [4.69, 9.17) is 16.0 Å². The van der Waals surface area contributed by atoms with Gasteiger partial charge in [0.15, 0.2) is 0 Å². The van der Waals surface area contributed by atoms with Crippen molar-refractivity contribution >= 4 is 21.6 Å². The smallest absolute Gasteiger partial charge is 0.215 e. The van der Waals surface area contributed by atoms with Crippen molar-refractivity contribution in [3.05, 3.63) is 59.0 Å². The topological polar surface area (TPSA) is 79.5 Å². The molecule has 1 atom stereocenters. The maximum absolute atomic E-state index is 12.3. The van der Waals surface area contributed by atoms with Gasteiger partial charge in [-0.2, -0.15) is 0 Å². The van der Waals surface area contributed by atoms with Gasteiger partial charge in [0.25, 0.3) is 0 Å². The SMILES string of the molecule is O=S(=O)(Cc1ccccc1Cl)NC[C@](O)(c1ccco1)C1CC1. The Morgan fingerprint density at radius 2 is 2.00 bits per heavy atom. The minimum atomic E-state index is -3.62. The Labute approximate surface area is 140 Å². The molecule has 2 aromatic rings. The van der Waals surface area contributed by atoms with Crippen molar-refractivity contribution < 1.29 is 17.9 Å². The maximum atomic E-state index is 12.3. The number of aliphatic hydroxyl groups is 1. The molecule has 1 aliphatic rings. The fourth-order valence-corrected chi connectivity index (χ4v) is 4.09. The molecule has 1 saturated carbocycles. The summed E-state index contributed by atoms with van der Waals surface area (Å²) in [5.74, 6) is 0.170. The highest BCUT2D eigenvalue weighted by atomic mass is 35.5. The second-order valence-corrected chi connectivity index (χ2v) is 8.06. The lowest BCUT2D eigenvalue weighted by Crippen LogP contribution is -2.42. The third kappa shape index (κ3) is 3.77. The van der Waals surface area contributed by atoms with Crippen molar-refractivity contribution in [3.63, 3.8) is 0 Å². The Hall–Kier alpha value is -1.34. The van der Waals surface area contributed by atoms with Gasteiger partial charge in [0, 0.05) is 11.6 Å². The summed E-state index contributed by atoms with van der Waals surface area (Å²) >= 11 is 6.01. The molecule has 0 unspecified atom stereocenters. The lowest BCUT2D eigenvalue weighted by atomic mass is 9.95. The van der Waals surface area contributed by atoms with E-state index in [1.807, 2.05) is 0 Å². The fraction of sp³-hybridized carbons (Fsp3) is 0.375. The number of sulfonamides is 1. The second-order valence-electron chi connectivity index (χ2n) is 5.85. The normalized spacial score (nSPS) is 17.8. The molecule has 0 amide bonds. The Bertz CT molecular complexity index is 771. The Morgan fingerprint density at radius 1 is 1.26 bits per heavy atom. The van der Waals surface area contributed by atoms with Gasteiger partial charge in [-0.05, 0) is 42.5 Å². The Balaban J connectivity index is 1.72. The summed E-state index contributed by atoms with van der Waals surface area (Å²) in [7, 11) is -3.62. The van der Waals surface area contributed by atoms with Crippen LogP contribution in [0.2, 0.25) is 5.02 Å². The van der Waals surface area contributed by atoms with Crippen LogP contribution in [0.1, 0.15) is 24.2 Å². The van der Waals surface area contributed by atoms with Crippen LogP contribution in [-0.4, -0.2) is 20.1 Å². The van der Waals surface area contributed by atoms with Gasteiger partial charge in [0.1, 0.15) is 11.4 Å². The van der Waals surface area contributed by atoms with Gasteiger partial charge in [-0.25, -0.2) is 13.1 Å². The van der Waals surface area contributed by atoms with E-state index in [1.54, 1.807) is 36.4 Å². The minimum Gasteiger partial charge on any atom is -0.466 e. The van der Waals surface area contributed by atoms with Gasteiger partial charge in [-0.3, -0.25) is 0 Å². The van der Waals surface area contributed by atoms with E-state index in [-0.39, 0.29) is 18.2 Å². The van der Waals surface area contributed by atoms with Gasteiger partial charge < -0.3 is 9.52 Å². The highest BCUT2D eigenvalue weighted by molar-refractivity contribution is 7.88. The van der Waals surface area contributed by atoms with Crippen LogP contribution in [0.5, 0.6) is 0 Å². The van der Waals surface area contributed by atoms with E-state index in [0.717, 1.165) is 12.8 Å². The number of rotatable bonds is 7. The molecule has 1 aromatic heterocycles. The molecule has 3 rings (SSSR count). The molecule has 1 fully saturated rings. The number of furan rings is 1. The van der Waals surface area contributed by atoms with Crippen molar-refractivity contribution in [2.75, 3.05) is 6.54 Å². The van der Waals surface area contributed by atoms with Gasteiger partial charge in [0.05, 0.1) is 12.0 Å². The molecule has 1 heterocycles. The Morgan fingerprint density at radius 3 is 2.61 bits per heavy atom. The van der Waals surface area contributed by atoms with Crippen molar-refractivity contribution in [1.29, 1.82) is 0 Å². The van der Waals surface area contributed by atoms with Gasteiger partial charge in [-0.1, -0.05) is 29.8 Å². The molecule has 0 saturated heterocycles. The molecule has 0 spiro atoms. The van der Waals surface area contributed by atoms with Crippen molar-refractivity contribution in [2.45, 2.75) is 24.2 Å². The van der Waals surface area contributed by atoms with E-state index in [0.29, 0.717) is 16.3 Å². The standard InChI is InChI=1S/C16H18ClNO4S/c17-14-5-2-1-4-12(14)10-23(20,21)18-11-16(19,13-7-8-13)15-6-3-9-22-15/h1-6,9,13,18-19H,7-8,10-11H2/t16-/m1/s1. The van der Waals surface area contributed by atoms with Gasteiger partial charge in [0.2, 0.25) is 10.0 Å². The molecule has 1 aromatic carbocycles. The lowest BCUT2D eigenvalue weighted by Gasteiger charge is -2.26. The lowest BCUT2D eigenvalue weighted by molar-refractivity contribution is -0.00225. The summed E-state index contributed by atoms with van der Waals surface area (Å²) < 4.78 is 32.4. The molecule has 124 valence electrons. The summed E-state index contributed by atoms with van der Waals surface area (Å²) in [5, 5.41) is 11.3. The molecule has 7 heteroatoms. The summed E-state index contributed by atoms with van der Waals surface area (Å²) in [5.41, 5.74) is -0.786. The first-order valence-electron chi connectivity index (χ1n) is 7.38. The molecule has 0 aliphatic heterocycles. The van der Waals surface area contributed by atoms with Crippen LogP contribution in [-0.2, 0) is 21.4 Å².